The summed E-state index contributed by atoms with van der Waals surface area (Å²) in [7, 11) is -2.98. The van der Waals surface area contributed by atoms with Crippen molar-refractivity contribution in [2.45, 2.75) is 39.0 Å². The van der Waals surface area contributed by atoms with Gasteiger partial charge < -0.3 is 4.74 Å². The van der Waals surface area contributed by atoms with Gasteiger partial charge in [0.2, 0.25) is 0 Å². The Morgan fingerprint density at radius 3 is 2.71 bits per heavy atom. The monoisotopic (exact) mass is 312 g/mol. The molecule has 1 atom stereocenters. The predicted molar refractivity (Wildman–Crippen MR) is 78.1 cm³/mol. The zero-order chi connectivity index (χ0) is 15.6. The number of rotatable bonds is 4. The molecule has 1 aromatic heterocycles. The van der Waals surface area contributed by atoms with E-state index in [9.17, 15) is 13.2 Å². The molecule has 2 rings (SSSR count). The second-order valence-electron chi connectivity index (χ2n) is 5.50. The second kappa shape index (κ2) is 6.09. The molecule has 1 saturated heterocycles. The van der Waals surface area contributed by atoms with Crippen LogP contribution in [0.15, 0.2) is 6.20 Å². The van der Waals surface area contributed by atoms with E-state index in [1.807, 2.05) is 13.8 Å². The molecule has 2 heterocycles. The summed E-state index contributed by atoms with van der Waals surface area (Å²) < 4.78 is 28.1. The molecule has 0 aromatic carbocycles. The zero-order valence-corrected chi connectivity index (χ0v) is 13.3. The molecular weight excluding hydrogens is 292 g/mol. The fourth-order valence-electron chi connectivity index (χ4n) is 2.41. The summed E-state index contributed by atoms with van der Waals surface area (Å²) >= 11 is 0. The Labute approximate surface area is 124 Å². The number of ether oxygens (including phenoxy) is 1. The number of aromatic nitrogens is 2. The van der Waals surface area contributed by atoms with Crippen LogP contribution in [0, 0.1) is 0 Å². The lowest BCUT2D eigenvalue weighted by Crippen LogP contribution is -2.15. The zero-order valence-electron chi connectivity index (χ0n) is 12.5. The highest BCUT2D eigenvalue weighted by Crippen LogP contribution is 2.28. The van der Waals surface area contributed by atoms with Crippen LogP contribution in [0.1, 0.15) is 60.9 Å². The lowest BCUT2D eigenvalue weighted by Gasteiger charge is -2.14. The van der Waals surface area contributed by atoms with Gasteiger partial charge in [-0.2, -0.15) is 0 Å². The standard InChI is InChI=1S/C14H20N2O4S/c1-4-20-14(17)11-7-15-13(16-12(11)9(2)3)10-5-6-21(18,19)8-10/h7,9-10H,4-6,8H2,1-3H3. The number of carbonyl (C=O) groups excluding carboxylic acids is 1. The summed E-state index contributed by atoms with van der Waals surface area (Å²) in [6, 6.07) is 0. The van der Waals surface area contributed by atoms with E-state index in [0.29, 0.717) is 30.1 Å². The summed E-state index contributed by atoms with van der Waals surface area (Å²) in [5.74, 6) is 0.188. The maximum Gasteiger partial charge on any atom is 0.341 e. The van der Waals surface area contributed by atoms with Crippen molar-refractivity contribution in [3.05, 3.63) is 23.3 Å². The first-order valence-electron chi connectivity index (χ1n) is 7.08. The SMILES string of the molecule is CCOC(=O)c1cnc(C2CCS(=O)(=O)C2)nc1C(C)C. The number of hydrogen-bond donors (Lipinski definition) is 0. The molecule has 116 valence electrons. The number of carbonyl (C=O) groups is 1. The van der Waals surface area contributed by atoms with Crippen molar-refractivity contribution in [1.82, 2.24) is 9.97 Å². The molecule has 21 heavy (non-hydrogen) atoms. The summed E-state index contributed by atoms with van der Waals surface area (Å²) in [6.07, 6.45) is 2.00. The third kappa shape index (κ3) is 3.58. The summed E-state index contributed by atoms with van der Waals surface area (Å²) in [4.78, 5) is 20.6. The highest BCUT2D eigenvalue weighted by Gasteiger charge is 2.32. The molecule has 0 radical (unpaired) electrons. The maximum atomic E-state index is 11.9. The molecule has 1 fully saturated rings. The van der Waals surface area contributed by atoms with Crippen molar-refractivity contribution >= 4 is 15.8 Å². The van der Waals surface area contributed by atoms with Crippen molar-refractivity contribution < 1.29 is 17.9 Å². The van der Waals surface area contributed by atoms with Gasteiger partial charge in [0.05, 0.1) is 29.4 Å². The van der Waals surface area contributed by atoms with E-state index >= 15 is 0 Å². The summed E-state index contributed by atoms with van der Waals surface area (Å²) in [5, 5.41) is 0. The molecule has 0 amide bonds. The summed E-state index contributed by atoms with van der Waals surface area (Å²) in [6.45, 7) is 5.89. The number of esters is 1. The van der Waals surface area contributed by atoms with Gasteiger partial charge in [-0.1, -0.05) is 13.8 Å². The van der Waals surface area contributed by atoms with Crippen LogP contribution in [-0.2, 0) is 14.6 Å². The molecule has 7 heteroatoms. The van der Waals surface area contributed by atoms with E-state index < -0.39 is 15.8 Å². The Hall–Kier alpha value is -1.50. The molecular formula is C14H20N2O4S. The van der Waals surface area contributed by atoms with Crippen molar-refractivity contribution in [1.29, 1.82) is 0 Å². The van der Waals surface area contributed by atoms with Crippen LogP contribution in [-0.4, -0.2) is 42.5 Å². The van der Waals surface area contributed by atoms with Crippen LogP contribution in [0.3, 0.4) is 0 Å². The van der Waals surface area contributed by atoms with Gasteiger partial charge in [0.1, 0.15) is 5.82 Å². The minimum atomic E-state index is -2.98. The number of sulfone groups is 1. The Balaban J connectivity index is 2.35. The minimum absolute atomic E-state index is 0.0316. The van der Waals surface area contributed by atoms with Gasteiger partial charge in [-0.05, 0) is 19.3 Å². The smallest absolute Gasteiger partial charge is 0.341 e. The fourth-order valence-corrected chi connectivity index (χ4v) is 4.15. The van der Waals surface area contributed by atoms with E-state index in [1.54, 1.807) is 6.92 Å². The van der Waals surface area contributed by atoms with Gasteiger partial charge >= 0.3 is 5.97 Å². The minimum Gasteiger partial charge on any atom is -0.462 e. The molecule has 1 unspecified atom stereocenters. The quantitative estimate of drug-likeness (QED) is 0.786. The molecule has 0 N–H and O–H groups in total. The Morgan fingerprint density at radius 1 is 1.48 bits per heavy atom. The fraction of sp³-hybridized carbons (Fsp3) is 0.643. The molecule has 0 saturated carbocycles. The third-order valence-electron chi connectivity index (χ3n) is 3.48. The molecule has 0 bridgehead atoms. The molecule has 6 nitrogen and oxygen atoms in total. The predicted octanol–water partition coefficient (Wildman–Crippen LogP) is 1.68. The molecule has 1 aliphatic heterocycles. The lowest BCUT2D eigenvalue weighted by atomic mass is 10.0. The summed E-state index contributed by atoms with van der Waals surface area (Å²) in [5.41, 5.74) is 0.971. The molecule has 0 aliphatic carbocycles. The number of hydrogen-bond acceptors (Lipinski definition) is 6. The van der Waals surface area contributed by atoms with Gasteiger partial charge in [0, 0.05) is 12.1 Å². The highest BCUT2D eigenvalue weighted by molar-refractivity contribution is 7.91. The first-order chi connectivity index (χ1) is 9.84. The van der Waals surface area contributed by atoms with Gasteiger partial charge in [-0.3, -0.25) is 0 Å². The van der Waals surface area contributed by atoms with Crippen molar-refractivity contribution in [2.75, 3.05) is 18.1 Å². The van der Waals surface area contributed by atoms with Gasteiger partial charge in [0.15, 0.2) is 9.84 Å². The Morgan fingerprint density at radius 2 is 2.19 bits per heavy atom. The first kappa shape index (κ1) is 15.9. The number of nitrogens with zero attached hydrogens (tertiary/aromatic N) is 2. The van der Waals surface area contributed by atoms with E-state index in [-0.39, 0.29) is 23.3 Å². The van der Waals surface area contributed by atoms with Crippen molar-refractivity contribution in [3.63, 3.8) is 0 Å². The average molecular weight is 312 g/mol. The molecule has 0 spiro atoms. The van der Waals surface area contributed by atoms with E-state index in [4.69, 9.17) is 4.74 Å². The average Bonchev–Trinajstić information content (AvgIpc) is 2.78. The van der Waals surface area contributed by atoms with Gasteiger partial charge in [-0.25, -0.2) is 23.2 Å². The normalized spacial score (nSPS) is 20.7. The van der Waals surface area contributed by atoms with Crippen molar-refractivity contribution in [3.8, 4) is 0 Å². The van der Waals surface area contributed by atoms with E-state index in [0.717, 1.165) is 0 Å². The highest BCUT2D eigenvalue weighted by atomic mass is 32.2. The van der Waals surface area contributed by atoms with E-state index in [1.165, 1.54) is 6.20 Å². The van der Waals surface area contributed by atoms with Crippen LogP contribution in [0.2, 0.25) is 0 Å². The second-order valence-corrected chi connectivity index (χ2v) is 7.73. The third-order valence-corrected chi connectivity index (χ3v) is 5.24. The van der Waals surface area contributed by atoms with Crippen LogP contribution in [0.25, 0.3) is 0 Å². The van der Waals surface area contributed by atoms with Crippen LogP contribution in [0.5, 0.6) is 0 Å². The van der Waals surface area contributed by atoms with Gasteiger partial charge in [0.25, 0.3) is 0 Å². The van der Waals surface area contributed by atoms with E-state index in [2.05, 4.69) is 9.97 Å². The maximum absolute atomic E-state index is 11.9. The first-order valence-corrected chi connectivity index (χ1v) is 8.90. The Kier molecular flexibility index (Phi) is 4.61. The van der Waals surface area contributed by atoms with Crippen LogP contribution >= 0.6 is 0 Å². The molecule has 1 aliphatic rings. The molecule has 1 aromatic rings. The lowest BCUT2D eigenvalue weighted by molar-refractivity contribution is 0.0523. The van der Waals surface area contributed by atoms with Crippen LogP contribution < -0.4 is 0 Å². The van der Waals surface area contributed by atoms with Crippen molar-refractivity contribution in [2.24, 2.45) is 0 Å². The Bertz CT molecular complexity index is 640. The largest absolute Gasteiger partial charge is 0.462 e. The van der Waals surface area contributed by atoms with Crippen LogP contribution in [0.4, 0.5) is 0 Å². The topological polar surface area (TPSA) is 86.2 Å². The van der Waals surface area contributed by atoms with Gasteiger partial charge in [-0.15, -0.1) is 0 Å².